The number of benzene rings is 2. The maximum Gasteiger partial charge on any atom is 0.245 e. The van der Waals surface area contributed by atoms with Gasteiger partial charge in [-0.1, -0.05) is 42.5 Å². The number of rotatable bonds is 4. The quantitative estimate of drug-likeness (QED) is 0.723. The standard InChI is InChI=1S/C19H20N2O2S/c1-14-12-17-10-7-11-18(19(17)20-13-14)24(22,23)21(3)15(2)16-8-5-4-6-9-16/h4-13,15H,1-3H3/t15-/m0/s1. The van der Waals surface area contributed by atoms with Crippen molar-refractivity contribution in [2.75, 3.05) is 7.05 Å². The van der Waals surface area contributed by atoms with Crippen molar-refractivity contribution in [2.45, 2.75) is 24.8 Å². The average Bonchev–Trinajstić information content (AvgIpc) is 2.60. The first-order chi connectivity index (χ1) is 11.4. The van der Waals surface area contributed by atoms with Crippen molar-refractivity contribution in [1.82, 2.24) is 9.29 Å². The van der Waals surface area contributed by atoms with E-state index in [-0.39, 0.29) is 10.9 Å². The zero-order valence-corrected chi connectivity index (χ0v) is 14.8. The molecular weight excluding hydrogens is 320 g/mol. The van der Waals surface area contributed by atoms with E-state index in [1.807, 2.05) is 56.3 Å². The second-order valence-electron chi connectivity index (χ2n) is 5.95. The van der Waals surface area contributed by atoms with Crippen LogP contribution in [0.15, 0.2) is 65.7 Å². The van der Waals surface area contributed by atoms with Crippen LogP contribution < -0.4 is 0 Å². The second-order valence-corrected chi connectivity index (χ2v) is 7.91. The topological polar surface area (TPSA) is 50.3 Å². The number of aromatic nitrogens is 1. The second kappa shape index (κ2) is 6.34. The van der Waals surface area contributed by atoms with E-state index in [1.54, 1.807) is 25.4 Å². The molecule has 1 atom stereocenters. The normalized spacial score (nSPS) is 13.3. The van der Waals surface area contributed by atoms with Gasteiger partial charge in [0.25, 0.3) is 0 Å². The highest BCUT2D eigenvalue weighted by molar-refractivity contribution is 7.89. The zero-order chi connectivity index (χ0) is 17.3. The SMILES string of the molecule is Cc1cnc2c(S(=O)(=O)N(C)[C@@H](C)c3ccccc3)cccc2c1. The largest absolute Gasteiger partial charge is 0.255 e. The Bertz CT molecular complexity index is 969. The Hall–Kier alpha value is -2.24. The molecule has 1 heterocycles. The van der Waals surface area contributed by atoms with Gasteiger partial charge in [-0.05, 0) is 37.1 Å². The minimum atomic E-state index is -3.65. The first kappa shape index (κ1) is 16.6. The molecule has 1 aromatic heterocycles. The lowest BCUT2D eigenvalue weighted by Crippen LogP contribution is -2.30. The van der Waals surface area contributed by atoms with Crippen LogP contribution in [0.2, 0.25) is 0 Å². The molecule has 0 aliphatic heterocycles. The van der Waals surface area contributed by atoms with E-state index < -0.39 is 10.0 Å². The molecule has 4 nitrogen and oxygen atoms in total. The summed E-state index contributed by atoms with van der Waals surface area (Å²) in [4.78, 5) is 4.60. The lowest BCUT2D eigenvalue weighted by molar-refractivity contribution is 0.399. The van der Waals surface area contributed by atoms with Crippen molar-refractivity contribution >= 4 is 20.9 Å². The Labute approximate surface area is 142 Å². The molecule has 0 aliphatic rings. The molecule has 0 saturated heterocycles. The minimum Gasteiger partial charge on any atom is -0.255 e. The zero-order valence-electron chi connectivity index (χ0n) is 14.0. The maximum atomic E-state index is 13.1. The fourth-order valence-electron chi connectivity index (χ4n) is 2.76. The van der Waals surface area contributed by atoms with Crippen LogP contribution in [0, 0.1) is 6.92 Å². The maximum absolute atomic E-state index is 13.1. The molecule has 0 bridgehead atoms. The number of nitrogens with zero attached hydrogens (tertiary/aromatic N) is 2. The first-order valence-corrected chi connectivity index (χ1v) is 9.23. The highest BCUT2D eigenvalue weighted by atomic mass is 32.2. The highest BCUT2D eigenvalue weighted by Crippen LogP contribution is 2.29. The molecule has 24 heavy (non-hydrogen) atoms. The van der Waals surface area contributed by atoms with E-state index in [9.17, 15) is 8.42 Å². The molecule has 0 amide bonds. The van der Waals surface area contributed by atoms with Gasteiger partial charge in [0.1, 0.15) is 4.90 Å². The van der Waals surface area contributed by atoms with E-state index >= 15 is 0 Å². The number of fused-ring (bicyclic) bond motifs is 1. The highest BCUT2D eigenvalue weighted by Gasteiger charge is 2.28. The van der Waals surface area contributed by atoms with Gasteiger partial charge in [-0.25, -0.2) is 8.42 Å². The number of hydrogen-bond acceptors (Lipinski definition) is 3. The number of hydrogen-bond donors (Lipinski definition) is 0. The van der Waals surface area contributed by atoms with Crippen molar-refractivity contribution in [1.29, 1.82) is 0 Å². The summed E-state index contributed by atoms with van der Waals surface area (Å²) in [6.07, 6.45) is 1.70. The summed E-state index contributed by atoms with van der Waals surface area (Å²) in [5, 5.41) is 0.830. The smallest absolute Gasteiger partial charge is 0.245 e. The lowest BCUT2D eigenvalue weighted by Gasteiger charge is -2.25. The van der Waals surface area contributed by atoms with Crippen LogP contribution in [-0.2, 0) is 10.0 Å². The Morgan fingerprint density at radius 2 is 1.75 bits per heavy atom. The van der Waals surface area contributed by atoms with Crippen molar-refractivity contribution < 1.29 is 8.42 Å². The molecule has 124 valence electrons. The molecule has 0 aliphatic carbocycles. The Balaban J connectivity index is 2.08. The Morgan fingerprint density at radius 1 is 1.04 bits per heavy atom. The summed E-state index contributed by atoms with van der Waals surface area (Å²) in [7, 11) is -2.04. The van der Waals surface area contributed by atoms with Gasteiger partial charge in [0, 0.05) is 24.7 Å². The van der Waals surface area contributed by atoms with Gasteiger partial charge in [0.05, 0.1) is 5.52 Å². The first-order valence-electron chi connectivity index (χ1n) is 7.79. The summed E-state index contributed by atoms with van der Waals surface area (Å²) in [6.45, 7) is 3.83. The number of sulfonamides is 1. The van der Waals surface area contributed by atoms with Crippen LogP contribution in [0.3, 0.4) is 0 Å². The number of pyridine rings is 1. The van der Waals surface area contributed by atoms with Crippen LogP contribution in [0.5, 0.6) is 0 Å². The summed E-state index contributed by atoms with van der Waals surface area (Å²) < 4.78 is 27.7. The van der Waals surface area contributed by atoms with E-state index in [0.717, 1.165) is 16.5 Å². The van der Waals surface area contributed by atoms with Gasteiger partial charge < -0.3 is 0 Å². The number of aryl methyl sites for hydroxylation is 1. The van der Waals surface area contributed by atoms with Gasteiger partial charge in [0.15, 0.2) is 0 Å². The van der Waals surface area contributed by atoms with E-state index in [4.69, 9.17) is 0 Å². The molecule has 3 rings (SSSR count). The third-order valence-corrected chi connectivity index (χ3v) is 6.25. The molecule has 5 heteroatoms. The third kappa shape index (κ3) is 2.92. The molecular formula is C19H20N2O2S. The van der Waals surface area contributed by atoms with Crippen LogP contribution in [0.4, 0.5) is 0 Å². The van der Waals surface area contributed by atoms with Gasteiger partial charge in [-0.3, -0.25) is 4.98 Å². The minimum absolute atomic E-state index is 0.241. The molecule has 0 unspecified atom stereocenters. The molecule has 0 saturated carbocycles. The van der Waals surface area contributed by atoms with Gasteiger partial charge in [0.2, 0.25) is 10.0 Å². The van der Waals surface area contributed by atoms with E-state index in [0.29, 0.717) is 5.52 Å². The van der Waals surface area contributed by atoms with Crippen molar-refractivity contribution in [3.05, 3.63) is 71.9 Å². The summed E-state index contributed by atoms with van der Waals surface area (Å²) >= 11 is 0. The van der Waals surface area contributed by atoms with Crippen molar-refractivity contribution in [2.24, 2.45) is 0 Å². The Kier molecular flexibility index (Phi) is 4.39. The van der Waals surface area contributed by atoms with Gasteiger partial charge in [-0.2, -0.15) is 4.31 Å². The van der Waals surface area contributed by atoms with E-state index in [1.165, 1.54) is 4.31 Å². The molecule has 3 aromatic rings. The monoisotopic (exact) mass is 340 g/mol. The summed E-state index contributed by atoms with van der Waals surface area (Å²) in [5.74, 6) is 0. The lowest BCUT2D eigenvalue weighted by atomic mass is 10.1. The molecule has 0 fully saturated rings. The molecule has 0 spiro atoms. The molecule has 2 aromatic carbocycles. The predicted molar refractivity (Wildman–Crippen MR) is 96.3 cm³/mol. The van der Waals surface area contributed by atoms with E-state index in [2.05, 4.69) is 4.98 Å². The van der Waals surface area contributed by atoms with Crippen LogP contribution >= 0.6 is 0 Å². The Morgan fingerprint density at radius 3 is 2.46 bits per heavy atom. The fourth-order valence-corrected chi connectivity index (χ4v) is 4.27. The predicted octanol–water partition coefficient (Wildman–Crippen LogP) is 3.92. The third-order valence-electron chi connectivity index (χ3n) is 4.30. The fraction of sp³-hybridized carbons (Fsp3) is 0.211. The van der Waals surface area contributed by atoms with Crippen LogP contribution in [0.1, 0.15) is 24.1 Å². The van der Waals surface area contributed by atoms with Crippen molar-refractivity contribution in [3.8, 4) is 0 Å². The summed E-state index contributed by atoms with van der Waals surface area (Å²) in [5.41, 5.74) is 2.46. The van der Waals surface area contributed by atoms with Crippen LogP contribution in [0.25, 0.3) is 10.9 Å². The number of para-hydroxylation sites is 1. The molecule has 0 N–H and O–H groups in total. The molecule has 0 radical (unpaired) electrons. The van der Waals surface area contributed by atoms with Crippen LogP contribution in [-0.4, -0.2) is 24.8 Å². The average molecular weight is 340 g/mol. The van der Waals surface area contributed by atoms with Crippen molar-refractivity contribution in [3.63, 3.8) is 0 Å². The summed E-state index contributed by atoms with van der Waals surface area (Å²) in [6, 6.07) is 16.5. The van der Waals surface area contributed by atoms with Gasteiger partial charge in [-0.15, -0.1) is 0 Å². The van der Waals surface area contributed by atoms with Gasteiger partial charge >= 0.3 is 0 Å².